The number of nitrogens with zero attached hydrogens (tertiary/aromatic N) is 2. The summed E-state index contributed by atoms with van der Waals surface area (Å²) in [4.78, 5) is 28.8. The number of urea groups is 1. The quantitative estimate of drug-likeness (QED) is 0.773. The van der Waals surface area contributed by atoms with Gasteiger partial charge in [-0.15, -0.1) is 0 Å². The van der Waals surface area contributed by atoms with Gasteiger partial charge in [0.05, 0.1) is 11.9 Å². The van der Waals surface area contributed by atoms with Crippen molar-refractivity contribution >= 4 is 17.7 Å². The number of carboxylic acids is 1. The van der Waals surface area contributed by atoms with E-state index in [1.807, 2.05) is 0 Å². The largest absolute Gasteiger partial charge is 0.477 e. The van der Waals surface area contributed by atoms with Gasteiger partial charge in [-0.05, 0) is 31.4 Å². The molecular weight excluding hydrogens is 272 g/mol. The molecule has 2 heterocycles. The number of pyridine rings is 1. The first-order valence-electron chi connectivity index (χ1n) is 7.13. The number of aromatic nitrogens is 1. The Balaban J connectivity index is 1.48. The Bertz CT molecular complexity index is 542. The van der Waals surface area contributed by atoms with E-state index in [9.17, 15) is 9.59 Å². The molecule has 3 rings (SSSR count). The molecule has 1 saturated heterocycles. The van der Waals surface area contributed by atoms with Gasteiger partial charge in [-0.25, -0.2) is 14.6 Å². The van der Waals surface area contributed by atoms with Gasteiger partial charge in [0, 0.05) is 25.2 Å². The van der Waals surface area contributed by atoms with Crippen LogP contribution in [0.25, 0.3) is 0 Å². The summed E-state index contributed by atoms with van der Waals surface area (Å²) in [5.41, 5.74) is 0.436. The number of carbonyl (C=O) groups is 2. The first kappa shape index (κ1) is 13.8. The Morgan fingerprint density at radius 2 is 2.10 bits per heavy atom. The van der Waals surface area contributed by atoms with Crippen molar-refractivity contribution in [2.45, 2.75) is 31.3 Å². The summed E-state index contributed by atoms with van der Waals surface area (Å²) in [6.07, 6.45) is 4.87. The number of rotatable bonds is 4. The zero-order chi connectivity index (χ0) is 14.8. The predicted molar refractivity (Wildman–Crippen MR) is 76.4 cm³/mol. The van der Waals surface area contributed by atoms with E-state index in [2.05, 4.69) is 20.5 Å². The van der Waals surface area contributed by atoms with Gasteiger partial charge in [0.2, 0.25) is 0 Å². The molecule has 0 aromatic carbocycles. The molecule has 7 nitrogen and oxygen atoms in total. The zero-order valence-corrected chi connectivity index (χ0v) is 11.6. The minimum Gasteiger partial charge on any atom is -0.477 e. The fraction of sp³-hybridized carbons (Fsp3) is 0.500. The number of anilines is 1. The maximum Gasteiger partial charge on any atom is 0.354 e. The summed E-state index contributed by atoms with van der Waals surface area (Å²) in [7, 11) is 0. The van der Waals surface area contributed by atoms with Crippen LogP contribution in [-0.4, -0.2) is 52.2 Å². The molecule has 2 fully saturated rings. The van der Waals surface area contributed by atoms with Crippen molar-refractivity contribution in [2.75, 3.05) is 18.4 Å². The van der Waals surface area contributed by atoms with Gasteiger partial charge in [-0.1, -0.05) is 0 Å². The highest BCUT2D eigenvalue weighted by Crippen LogP contribution is 2.29. The van der Waals surface area contributed by atoms with Crippen molar-refractivity contribution < 1.29 is 14.7 Å². The molecule has 3 N–H and O–H groups in total. The van der Waals surface area contributed by atoms with Crippen molar-refractivity contribution in [2.24, 2.45) is 0 Å². The monoisotopic (exact) mass is 290 g/mol. The lowest BCUT2D eigenvalue weighted by Crippen LogP contribution is -2.40. The van der Waals surface area contributed by atoms with Gasteiger partial charge in [0.25, 0.3) is 0 Å². The van der Waals surface area contributed by atoms with Crippen LogP contribution in [0.4, 0.5) is 10.5 Å². The van der Waals surface area contributed by atoms with Crippen LogP contribution in [0.3, 0.4) is 0 Å². The lowest BCUT2D eigenvalue weighted by molar-refractivity contribution is 0.0690. The third-order valence-electron chi connectivity index (χ3n) is 3.86. The van der Waals surface area contributed by atoms with Crippen LogP contribution < -0.4 is 10.6 Å². The number of carbonyl (C=O) groups excluding carboxylic acids is 1. The highest BCUT2D eigenvalue weighted by Gasteiger charge is 2.34. The molecule has 21 heavy (non-hydrogen) atoms. The SMILES string of the molecule is O=C(Nc1ccc(C(=O)O)nc1)NC1CCN(C2CC2)C1. The Kier molecular flexibility index (Phi) is 3.74. The predicted octanol–water partition coefficient (Wildman–Crippen LogP) is 1.14. The summed E-state index contributed by atoms with van der Waals surface area (Å²) in [5.74, 6) is -1.09. The van der Waals surface area contributed by atoms with E-state index in [1.54, 1.807) is 0 Å². The minimum absolute atomic E-state index is 0.0446. The smallest absolute Gasteiger partial charge is 0.354 e. The molecule has 1 aromatic rings. The van der Waals surface area contributed by atoms with Crippen LogP contribution >= 0.6 is 0 Å². The number of amides is 2. The standard InChI is InChI=1S/C14H18N4O3/c19-13(20)12-4-1-9(7-15-12)16-14(21)17-10-5-6-18(8-10)11-2-3-11/h1,4,7,10-11H,2-3,5-6,8H2,(H,19,20)(H2,16,17,21). The van der Waals surface area contributed by atoms with Crippen molar-refractivity contribution in [1.82, 2.24) is 15.2 Å². The zero-order valence-electron chi connectivity index (χ0n) is 11.6. The van der Waals surface area contributed by atoms with E-state index in [-0.39, 0.29) is 17.8 Å². The van der Waals surface area contributed by atoms with Crippen LogP contribution in [0.5, 0.6) is 0 Å². The summed E-state index contributed by atoms with van der Waals surface area (Å²) in [5, 5.41) is 14.4. The maximum atomic E-state index is 11.9. The fourth-order valence-corrected chi connectivity index (χ4v) is 2.62. The average Bonchev–Trinajstić information content (AvgIpc) is 3.20. The maximum absolute atomic E-state index is 11.9. The van der Waals surface area contributed by atoms with Gasteiger partial charge in [-0.3, -0.25) is 4.90 Å². The topological polar surface area (TPSA) is 94.6 Å². The number of carboxylic acid groups (broad SMARTS) is 1. The number of nitrogens with one attached hydrogen (secondary N) is 2. The minimum atomic E-state index is -1.09. The van der Waals surface area contributed by atoms with E-state index in [1.165, 1.54) is 31.2 Å². The van der Waals surface area contributed by atoms with Gasteiger partial charge >= 0.3 is 12.0 Å². The van der Waals surface area contributed by atoms with Gasteiger partial charge in [0.15, 0.2) is 0 Å². The second kappa shape index (κ2) is 5.69. The van der Waals surface area contributed by atoms with Crippen molar-refractivity contribution in [3.05, 3.63) is 24.0 Å². The lowest BCUT2D eigenvalue weighted by atomic mass is 10.3. The molecule has 0 radical (unpaired) electrons. The first-order chi connectivity index (χ1) is 10.1. The molecule has 0 spiro atoms. The van der Waals surface area contributed by atoms with E-state index in [0.717, 1.165) is 25.6 Å². The van der Waals surface area contributed by atoms with Crippen molar-refractivity contribution in [3.63, 3.8) is 0 Å². The molecule has 1 unspecified atom stereocenters. The van der Waals surface area contributed by atoms with Crippen LogP contribution in [0.15, 0.2) is 18.3 Å². The third-order valence-corrected chi connectivity index (χ3v) is 3.86. The summed E-state index contributed by atoms with van der Waals surface area (Å²) in [6.45, 7) is 1.96. The molecule has 1 saturated carbocycles. The van der Waals surface area contributed by atoms with Gasteiger partial charge in [0.1, 0.15) is 5.69 Å². The highest BCUT2D eigenvalue weighted by atomic mass is 16.4. The Morgan fingerprint density at radius 3 is 2.71 bits per heavy atom. The van der Waals surface area contributed by atoms with E-state index in [4.69, 9.17) is 5.11 Å². The summed E-state index contributed by atoms with van der Waals surface area (Å²) in [6, 6.07) is 3.52. The molecular formula is C14H18N4O3. The van der Waals surface area contributed by atoms with Crippen molar-refractivity contribution in [3.8, 4) is 0 Å². The third kappa shape index (κ3) is 3.49. The molecule has 1 aromatic heterocycles. The Labute approximate surface area is 122 Å². The Morgan fingerprint density at radius 1 is 1.29 bits per heavy atom. The number of hydrogen-bond donors (Lipinski definition) is 3. The van der Waals surface area contributed by atoms with Gasteiger partial charge in [-0.2, -0.15) is 0 Å². The van der Waals surface area contributed by atoms with Crippen LogP contribution in [-0.2, 0) is 0 Å². The first-order valence-corrected chi connectivity index (χ1v) is 7.13. The molecule has 2 aliphatic rings. The van der Waals surface area contributed by atoms with Crippen molar-refractivity contribution in [1.29, 1.82) is 0 Å². The average molecular weight is 290 g/mol. The number of aromatic carboxylic acids is 1. The highest BCUT2D eigenvalue weighted by molar-refractivity contribution is 5.90. The molecule has 1 aliphatic heterocycles. The van der Waals surface area contributed by atoms with E-state index in [0.29, 0.717) is 5.69 Å². The van der Waals surface area contributed by atoms with E-state index >= 15 is 0 Å². The molecule has 0 bridgehead atoms. The molecule has 112 valence electrons. The fourth-order valence-electron chi connectivity index (χ4n) is 2.62. The number of hydrogen-bond acceptors (Lipinski definition) is 4. The summed E-state index contributed by atoms with van der Waals surface area (Å²) < 4.78 is 0. The van der Waals surface area contributed by atoms with Crippen LogP contribution in [0.1, 0.15) is 29.8 Å². The second-order valence-electron chi connectivity index (χ2n) is 5.55. The van der Waals surface area contributed by atoms with Crippen LogP contribution in [0.2, 0.25) is 0 Å². The van der Waals surface area contributed by atoms with E-state index < -0.39 is 5.97 Å². The van der Waals surface area contributed by atoms with Crippen LogP contribution in [0, 0.1) is 0 Å². The lowest BCUT2D eigenvalue weighted by Gasteiger charge is -2.16. The molecule has 7 heteroatoms. The second-order valence-corrected chi connectivity index (χ2v) is 5.55. The van der Waals surface area contributed by atoms with Gasteiger partial charge < -0.3 is 15.7 Å². The summed E-state index contributed by atoms with van der Waals surface area (Å²) >= 11 is 0. The molecule has 1 aliphatic carbocycles. The molecule has 2 amide bonds. The number of likely N-dealkylation sites (tertiary alicyclic amines) is 1. The Hall–Kier alpha value is -2.15. The normalized spacial score (nSPS) is 22.0. The molecule has 1 atom stereocenters.